The molecule has 0 saturated carbocycles. The number of hydrogen-bond donors (Lipinski definition) is 3. The van der Waals surface area contributed by atoms with Gasteiger partial charge in [0.25, 0.3) is 5.91 Å². The van der Waals surface area contributed by atoms with E-state index in [9.17, 15) is 27.6 Å². The average molecular weight is 661 g/mol. The standard InChI is InChI=1S/C38H39F3N2O5/c1-5-6-32(26-7-9-29(10-8-26)36(46)42-20-19-33(44)45)35(28-13-17-31(18-14-28)48-38(39,40)41)37(47)43-30-15-11-27(12-16-30)34-24(3)21-23(2)22-25(34)4/h7-18,21-22,32,35H,5-6,19-20H2,1-4H3,(H,42,46)(H,43,47)(H,44,45)/t32?,35-/m0/s1. The van der Waals surface area contributed by atoms with Gasteiger partial charge in [0.05, 0.1) is 12.3 Å². The highest BCUT2D eigenvalue weighted by Crippen LogP contribution is 2.39. The fourth-order valence-electron chi connectivity index (χ4n) is 6.12. The molecular weight excluding hydrogens is 621 g/mol. The number of amides is 2. The molecule has 4 aromatic carbocycles. The number of carbonyl (C=O) groups excluding carboxylic acids is 2. The molecule has 0 heterocycles. The van der Waals surface area contributed by atoms with Crippen LogP contribution in [0.5, 0.6) is 5.75 Å². The van der Waals surface area contributed by atoms with Crippen molar-refractivity contribution in [3.8, 4) is 16.9 Å². The molecule has 0 radical (unpaired) electrons. The minimum atomic E-state index is -4.85. The predicted octanol–water partition coefficient (Wildman–Crippen LogP) is 8.69. The fourth-order valence-corrected chi connectivity index (χ4v) is 6.12. The molecule has 0 fully saturated rings. The van der Waals surface area contributed by atoms with Gasteiger partial charge in [-0.15, -0.1) is 13.2 Å². The monoisotopic (exact) mass is 660 g/mol. The summed E-state index contributed by atoms with van der Waals surface area (Å²) in [4.78, 5) is 37.5. The first kappa shape index (κ1) is 35.7. The van der Waals surface area contributed by atoms with Crippen molar-refractivity contribution >= 4 is 23.5 Å². The highest BCUT2D eigenvalue weighted by molar-refractivity contribution is 5.97. The number of nitrogens with one attached hydrogen (secondary N) is 2. The molecule has 252 valence electrons. The number of aliphatic carboxylic acids is 1. The summed E-state index contributed by atoms with van der Waals surface area (Å²) in [6.45, 7) is 8.13. The molecule has 7 nitrogen and oxygen atoms in total. The first-order valence-corrected chi connectivity index (χ1v) is 15.7. The molecule has 2 atom stereocenters. The maximum atomic E-state index is 14.1. The minimum Gasteiger partial charge on any atom is -0.481 e. The lowest BCUT2D eigenvalue weighted by atomic mass is 9.78. The molecule has 0 aliphatic rings. The summed E-state index contributed by atoms with van der Waals surface area (Å²) < 4.78 is 42.7. The van der Waals surface area contributed by atoms with Crippen LogP contribution in [-0.4, -0.2) is 35.8 Å². The molecule has 0 saturated heterocycles. The molecule has 1 unspecified atom stereocenters. The van der Waals surface area contributed by atoms with Crippen molar-refractivity contribution in [2.24, 2.45) is 0 Å². The van der Waals surface area contributed by atoms with Crippen LogP contribution >= 0.6 is 0 Å². The number of rotatable bonds is 13. The Hall–Kier alpha value is -5.12. The summed E-state index contributed by atoms with van der Waals surface area (Å²) in [5.74, 6) is -3.39. The van der Waals surface area contributed by atoms with Gasteiger partial charge >= 0.3 is 12.3 Å². The zero-order valence-electron chi connectivity index (χ0n) is 27.3. The number of aryl methyl sites for hydroxylation is 3. The van der Waals surface area contributed by atoms with Crippen molar-refractivity contribution < 1.29 is 37.4 Å². The molecule has 0 aliphatic heterocycles. The second-order valence-corrected chi connectivity index (χ2v) is 11.9. The van der Waals surface area contributed by atoms with Crippen molar-refractivity contribution in [3.63, 3.8) is 0 Å². The summed E-state index contributed by atoms with van der Waals surface area (Å²) in [5.41, 5.74) is 7.76. The van der Waals surface area contributed by atoms with Crippen molar-refractivity contribution in [2.45, 2.75) is 65.2 Å². The molecule has 4 rings (SSSR count). The summed E-state index contributed by atoms with van der Waals surface area (Å²) in [5, 5.41) is 14.4. The SMILES string of the molecule is CCCC(c1ccc(C(=O)NCCC(=O)O)cc1)[C@@H](C(=O)Nc1ccc(-c2c(C)cc(C)cc2C)cc1)c1ccc(OC(F)(F)F)cc1. The Balaban J connectivity index is 1.65. The smallest absolute Gasteiger partial charge is 0.481 e. The molecule has 0 aliphatic carbocycles. The third kappa shape index (κ3) is 9.47. The summed E-state index contributed by atoms with van der Waals surface area (Å²) in [7, 11) is 0. The van der Waals surface area contributed by atoms with Gasteiger partial charge in [0.1, 0.15) is 5.75 Å². The predicted molar refractivity (Wildman–Crippen MR) is 179 cm³/mol. The number of benzene rings is 4. The van der Waals surface area contributed by atoms with Gasteiger partial charge in [0.2, 0.25) is 5.91 Å². The molecular formula is C38H39F3N2O5. The maximum absolute atomic E-state index is 14.1. The van der Waals surface area contributed by atoms with E-state index in [1.807, 2.05) is 31.2 Å². The lowest BCUT2D eigenvalue weighted by Gasteiger charge is -2.28. The summed E-state index contributed by atoms with van der Waals surface area (Å²) >= 11 is 0. The third-order valence-corrected chi connectivity index (χ3v) is 8.10. The van der Waals surface area contributed by atoms with E-state index in [4.69, 9.17) is 5.11 Å². The van der Waals surface area contributed by atoms with Crippen LogP contribution in [0.15, 0.2) is 84.9 Å². The van der Waals surface area contributed by atoms with Crippen molar-refractivity contribution in [3.05, 3.63) is 118 Å². The number of anilines is 1. The minimum absolute atomic E-state index is 0.0180. The molecule has 2 amide bonds. The molecule has 48 heavy (non-hydrogen) atoms. The zero-order chi connectivity index (χ0) is 35.0. The Morgan fingerprint density at radius 3 is 1.96 bits per heavy atom. The van der Waals surface area contributed by atoms with Crippen LogP contribution in [0.2, 0.25) is 0 Å². The Bertz CT molecular complexity index is 1710. The quantitative estimate of drug-likeness (QED) is 0.133. The van der Waals surface area contributed by atoms with Gasteiger partial charge in [-0.05, 0) is 103 Å². The zero-order valence-corrected chi connectivity index (χ0v) is 27.3. The molecule has 4 aromatic rings. The first-order chi connectivity index (χ1) is 22.8. The van der Waals surface area contributed by atoms with Crippen LogP contribution in [0.4, 0.5) is 18.9 Å². The number of carbonyl (C=O) groups is 3. The summed E-state index contributed by atoms with van der Waals surface area (Å²) in [6.07, 6.45) is -3.80. The topological polar surface area (TPSA) is 105 Å². The van der Waals surface area contributed by atoms with Crippen molar-refractivity contribution in [1.82, 2.24) is 5.32 Å². The van der Waals surface area contributed by atoms with E-state index >= 15 is 0 Å². The normalized spacial score (nSPS) is 12.6. The number of halogens is 3. The Morgan fingerprint density at radius 1 is 0.833 bits per heavy atom. The van der Waals surface area contributed by atoms with Crippen molar-refractivity contribution in [1.29, 1.82) is 0 Å². The van der Waals surface area contributed by atoms with Crippen LogP contribution in [0.25, 0.3) is 11.1 Å². The van der Waals surface area contributed by atoms with E-state index in [2.05, 4.69) is 48.3 Å². The Labute approximate surface area is 278 Å². The number of carboxylic acid groups (broad SMARTS) is 1. The number of alkyl halides is 3. The maximum Gasteiger partial charge on any atom is 0.573 e. The lowest BCUT2D eigenvalue weighted by molar-refractivity contribution is -0.274. The molecule has 0 bridgehead atoms. The van der Waals surface area contributed by atoms with E-state index in [-0.39, 0.29) is 18.9 Å². The van der Waals surface area contributed by atoms with Crippen LogP contribution in [0.1, 0.15) is 76.2 Å². The van der Waals surface area contributed by atoms with Crippen molar-refractivity contribution in [2.75, 3.05) is 11.9 Å². The molecule has 10 heteroatoms. The van der Waals surface area contributed by atoms with Crippen LogP contribution < -0.4 is 15.4 Å². The first-order valence-electron chi connectivity index (χ1n) is 15.7. The molecule has 3 N–H and O–H groups in total. The highest BCUT2D eigenvalue weighted by Gasteiger charge is 2.33. The Kier molecular flexibility index (Phi) is 11.6. The second-order valence-electron chi connectivity index (χ2n) is 11.9. The van der Waals surface area contributed by atoms with Gasteiger partial charge in [0, 0.05) is 17.8 Å². The van der Waals surface area contributed by atoms with E-state index < -0.39 is 35.8 Å². The van der Waals surface area contributed by atoms with Gasteiger partial charge in [0.15, 0.2) is 0 Å². The molecule has 0 aromatic heterocycles. The lowest BCUT2D eigenvalue weighted by Crippen LogP contribution is -2.27. The van der Waals surface area contributed by atoms with Crippen LogP contribution in [-0.2, 0) is 9.59 Å². The third-order valence-electron chi connectivity index (χ3n) is 8.10. The largest absolute Gasteiger partial charge is 0.573 e. The highest BCUT2D eigenvalue weighted by atomic mass is 19.4. The Morgan fingerprint density at radius 2 is 1.42 bits per heavy atom. The van der Waals surface area contributed by atoms with Crippen LogP contribution in [0.3, 0.4) is 0 Å². The van der Waals surface area contributed by atoms with Gasteiger partial charge in [-0.25, -0.2) is 0 Å². The van der Waals surface area contributed by atoms with Gasteiger partial charge < -0.3 is 20.5 Å². The van der Waals surface area contributed by atoms with Crippen LogP contribution in [0, 0.1) is 20.8 Å². The van der Waals surface area contributed by atoms with E-state index in [1.54, 1.807) is 24.3 Å². The van der Waals surface area contributed by atoms with E-state index in [0.29, 0.717) is 29.7 Å². The number of ether oxygens (including phenoxy) is 1. The van der Waals surface area contributed by atoms with E-state index in [1.165, 1.54) is 29.8 Å². The number of hydrogen-bond acceptors (Lipinski definition) is 4. The van der Waals surface area contributed by atoms with Gasteiger partial charge in [-0.1, -0.05) is 67.4 Å². The fraction of sp³-hybridized carbons (Fsp3) is 0.289. The van der Waals surface area contributed by atoms with Gasteiger partial charge in [-0.2, -0.15) is 0 Å². The van der Waals surface area contributed by atoms with E-state index in [0.717, 1.165) is 27.8 Å². The molecule has 0 spiro atoms. The second kappa shape index (κ2) is 15.6. The number of carboxylic acids is 1. The summed E-state index contributed by atoms with van der Waals surface area (Å²) in [6, 6.07) is 23.8. The average Bonchev–Trinajstić information content (AvgIpc) is 3.01. The van der Waals surface area contributed by atoms with Gasteiger partial charge in [-0.3, -0.25) is 14.4 Å².